The van der Waals surface area contributed by atoms with E-state index in [2.05, 4.69) is 4.90 Å². The lowest BCUT2D eigenvalue weighted by molar-refractivity contribution is -0.136. The highest BCUT2D eigenvalue weighted by Crippen LogP contribution is 2.09. The molecule has 0 radical (unpaired) electrons. The van der Waals surface area contributed by atoms with Gasteiger partial charge in [0.1, 0.15) is 0 Å². The van der Waals surface area contributed by atoms with Crippen LogP contribution < -0.4 is 0 Å². The maximum absolute atomic E-state index is 11.9. The molecule has 0 spiro atoms. The second kappa shape index (κ2) is 5.72. The fourth-order valence-electron chi connectivity index (χ4n) is 1.86. The van der Waals surface area contributed by atoms with Gasteiger partial charge in [0, 0.05) is 37.7 Å². The SMILES string of the molecule is O=C(CN1CCSCC1)N1CCOCC1. The first-order valence-corrected chi connectivity index (χ1v) is 6.67. The van der Waals surface area contributed by atoms with Gasteiger partial charge in [-0.05, 0) is 0 Å². The van der Waals surface area contributed by atoms with Crippen LogP contribution in [0.5, 0.6) is 0 Å². The smallest absolute Gasteiger partial charge is 0.236 e. The normalized spacial score (nSPS) is 24.1. The molecule has 2 aliphatic heterocycles. The van der Waals surface area contributed by atoms with Crippen molar-refractivity contribution in [3.63, 3.8) is 0 Å². The van der Waals surface area contributed by atoms with Crippen LogP contribution in [-0.4, -0.2) is 73.2 Å². The lowest BCUT2D eigenvalue weighted by Gasteiger charge is -2.31. The Balaban J connectivity index is 1.74. The number of amides is 1. The molecule has 0 unspecified atom stereocenters. The van der Waals surface area contributed by atoms with Crippen molar-refractivity contribution < 1.29 is 9.53 Å². The third-order valence-electron chi connectivity index (χ3n) is 2.83. The van der Waals surface area contributed by atoms with Gasteiger partial charge in [0.05, 0.1) is 19.8 Å². The third kappa shape index (κ3) is 3.36. The van der Waals surface area contributed by atoms with E-state index in [4.69, 9.17) is 4.74 Å². The number of carbonyl (C=O) groups excluding carboxylic acids is 1. The zero-order valence-corrected chi connectivity index (χ0v) is 9.80. The number of ether oxygens (including phenoxy) is 1. The number of nitrogens with zero attached hydrogens (tertiary/aromatic N) is 2. The van der Waals surface area contributed by atoms with Crippen LogP contribution >= 0.6 is 11.8 Å². The van der Waals surface area contributed by atoms with Gasteiger partial charge < -0.3 is 9.64 Å². The number of hydrogen-bond donors (Lipinski definition) is 0. The van der Waals surface area contributed by atoms with Crippen molar-refractivity contribution in [2.45, 2.75) is 0 Å². The summed E-state index contributed by atoms with van der Waals surface area (Å²) in [4.78, 5) is 16.1. The monoisotopic (exact) mass is 230 g/mol. The highest BCUT2D eigenvalue weighted by molar-refractivity contribution is 7.99. The lowest BCUT2D eigenvalue weighted by atomic mass is 10.3. The maximum Gasteiger partial charge on any atom is 0.236 e. The molecule has 0 aromatic heterocycles. The topological polar surface area (TPSA) is 32.8 Å². The Bertz CT molecular complexity index is 213. The summed E-state index contributed by atoms with van der Waals surface area (Å²) in [6, 6.07) is 0. The predicted molar refractivity (Wildman–Crippen MR) is 61.2 cm³/mol. The molecule has 0 saturated carbocycles. The zero-order valence-electron chi connectivity index (χ0n) is 8.98. The van der Waals surface area contributed by atoms with E-state index in [1.807, 2.05) is 16.7 Å². The average molecular weight is 230 g/mol. The van der Waals surface area contributed by atoms with E-state index in [0.29, 0.717) is 19.8 Å². The van der Waals surface area contributed by atoms with Gasteiger partial charge in [-0.2, -0.15) is 11.8 Å². The van der Waals surface area contributed by atoms with Gasteiger partial charge >= 0.3 is 0 Å². The summed E-state index contributed by atoms with van der Waals surface area (Å²) >= 11 is 1.97. The molecule has 0 aliphatic carbocycles. The second-order valence-corrected chi connectivity index (χ2v) is 5.11. The van der Waals surface area contributed by atoms with E-state index in [1.54, 1.807) is 0 Å². The first-order valence-electron chi connectivity index (χ1n) is 5.52. The Morgan fingerprint density at radius 1 is 1.13 bits per heavy atom. The molecule has 5 heteroatoms. The summed E-state index contributed by atoms with van der Waals surface area (Å²) in [5, 5.41) is 0. The third-order valence-corrected chi connectivity index (χ3v) is 3.77. The van der Waals surface area contributed by atoms with Crippen molar-refractivity contribution in [2.24, 2.45) is 0 Å². The summed E-state index contributed by atoms with van der Waals surface area (Å²) in [5.41, 5.74) is 0. The minimum Gasteiger partial charge on any atom is -0.378 e. The largest absolute Gasteiger partial charge is 0.378 e. The van der Waals surface area contributed by atoms with Crippen LogP contribution in [0.4, 0.5) is 0 Å². The van der Waals surface area contributed by atoms with Gasteiger partial charge in [-0.1, -0.05) is 0 Å². The van der Waals surface area contributed by atoms with Crippen molar-refractivity contribution >= 4 is 17.7 Å². The fourth-order valence-corrected chi connectivity index (χ4v) is 2.84. The van der Waals surface area contributed by atoms with Crippen LogP contribution in [0.2, 0.25) is 0 Å². The maximum atomic E-state index is 11.9. The van der Waals surface area contributed by atoms with E-state index in [1.165, 1.54) is 0 Å². The molecule has 0 N–H and O–H groups in total. The Kier molecular flexibility index (Phi) is 4.29. The van der Waals surface area contributed by atoms with Crippen molar-refractivity contribution in [3.8, 4) is 0 Å². The van der Waals surface area contributed by atoms with Crippen LogP contribution in [0.25, 0.3) is 0 Å². The Labute approximate surface area is 94.9 Å². The minimum absolute atomic E-state index is 0.269. The Hall–Kier alpha value is -0.260. The molecule has 2 fully saturated rings. The van der Waals surface area contributed by atoms with Crippen LogP contribution in [0.15, 0.2) is 0 Å². The minimum atomic E-state index is 0.269. The quantitative estimate of drug-likeness (QED) is 0.663. The molecule has 2 saturated heterocycles. The van der Waals surface area contributed by atoms with Gasteiger partial charge in [0.25, 0.3) is 0 Å². The van der Waals surface area contributed by atoms with E-state index >= 15 is 0 Å². The molecular weight excluding hydrogens is 212 g/mol. The molecule has 0 atom stereocenters. The predicted octanol–water partition coefficient (Wildman–Crippen LogP) is -0.106. The van der Waals surface area contributed by atoms with Gasteiger partial charge in [0.2, 0.25) is 5.91 Å². The molecule has 0 bridgehead atoms. The number of carbonyl (C=O) groups is 1. The van der Waals surface area contributed by atoms with Crippen LogP contribution in [0.1, 0.15) is 0 Å². The summed E-state index contributed by atoms with van der Waals surface area (Å²) in [6.45, 7) is 5.63. The first kappa shape index (κ1) is 11.2. The Morgan fingerprint density at radius 2 is 1.80 bits per heavy atom. The molecule has 15 heavy (non-hydrogen) atoms. The summed E-state index contributed by atoms with van der Waals surface area (Å²) in [7, 11) is 0. The number of thioether (sulfide) groups is 1. The van der Waals surface area contributed by atoms with Gasteiger partial charge in [0.15, 0.2) is 0 Å². The van der Waals surface area contributed by atoms with Crippen LogP contribution in [-0.2, 0) is 9.53 Å². The van der Waals surface area contributed by atoms with Gasteiger partial charge in [-0.3, -0.25) is 9.69 Å². The molecule has 2 rings (SSSR count). The molecule has 4 nitrogen and oxygen atoms in total. The molecule has 2 heterocycles. The standard InChI is InChI=1S/C10H18N2O2S/c13-10(12-1-5-14-6-2-12)9-11-3-7-15-8-4-11/h1-9H2. The first-order chi connectivity index (χ1) is 7.36. The zero-order chi connectivity index (χ0) is 10.5. The van der Waals surface area contributed by atoms with E-state index in [0.717, 1.165) is 37.7 Å². The van der Waals surface area contributed by atoms with Crippen LogP contribution in [0, 0.1) is 0 Å². The number of morpholine rings is 1. The molecular formula is C10H18N2O2S. The summed E-state index contributed by atoms with van der Waals surface area (Å²) in [5.74, 6) is 2.59. The highest BCUT2D eigenvalue weighted by atomic mass is 32.2. The molecule has 0 aromatic carbocycles. The molecule has 86 valence electrons. The summed E-state index contributed by atoms with van der Waals surface area (Å²) < 4.78 is 5.23. The summed E-state index contributed by atoms with van der Waals surface area (Å²) in [6.07, 6.45) is 0. The van der Waals surface area contributed by atoms with Crippen molar-refractivity contribution in [2.75, 3.05) is 57.4 Å². The van der Waals surface area contributed by atoms with Crippen molar-refractivity contribution in [1.82, 2.24) is 9.80 Å². The molecule has 2 aliphatic rings. The van der Waals surface area contributed by atoms with E-state index in [9.17, 15) is 4.79 Å². The number of hydrogen-bond acceptors (Lipinski definition) is 4. The van der Waals surface area contributed by atoms with E-state index in [-0.39, 0.29) is 5.91 Å². The van der Waals surface area contributed by atoms with E-state index < -0.39 is 0 Å². The fraction of sp³-hybridized carbons (Fsp3) is 0.900. The lowest BCUT2D eigenvalue weighted by Crippen LogP contribution is -2.47. The van der Waals surface area contributed by atoms with Crippen molar-refractivity contribution in [1.29, 1.82) is 0 Å². The molecule has 1 amide bonds. The highest BCUT2D eigenvalue weighted by Gasteiger charge is 2.20. The van der Waals surface area contributed by atoms with Crippen molar-refractivity contribution in [3.05, 3.63) is 0 Å². The van der Waals surface area contributed by atoms with Gasteiger partial charge in [-0.15, -0.1) is 0 Å². The number of rotatable bonds is 2. The second-order valence-electron chi connectivity index (χ2n) is 3.88. The van der Waals surface area contributed by atoms with Crippen LogP contribution in [0.3, 0.4) is 0 Å². The molecule has 0 aromatic rings. The average Bonchev–Trinajstić information content (AvgIpc) is 2.31. The van der Waals surface area contributed by atoms with Gasteiger partial charge in [-0.25, -0.2) is 0 Å². The Morgan fingerprint density at radius 3 is 2.47 bits per heavy atom.